The van der Waals surface area contributed by atoms with Crippen molar-refractivity contribution in [2.75, 3.05) is 24.5 Å². The summed E-state index contributed by atoms with van der Waals surface area (Å²) >= 11 is 7.70. The van der Waals surface area contributed by atoms with Crippen LogP contribution in [0.15, 0.2) is 36.0 Å². The van der Waals surface area contributed by atoms with Crippen LogP contribution < -0.4 is 10.2 Å². The molecule has 27 heavy (non-hydrogen) atoms. The molecule has 0 radical (unpaired) electrons. The fourth-order valence-corrected chi connectivity index (χ4v) is 4.87. The molecule has 1 aliphatic rings. The summed E-state index contributed by atoms with van der Waals surface area (Å²) in [5.41, 5.74) is 3.71. The number of hydrogen-bond donors (Lipinski definition) is 1. The van der Waals surface area contributed by atoms with Crippen LogP contribution in [0.1, 0.15) is 30.4 Å². The molecule has 1 aromatic carbocycles. The second-order valence-electron chi connectivity index (χ2n) is 7.24. The highest BCUT2D eigenvalue weighted by molar-refractivity contribution is 7.18. The van der Waals surface area contributed by atoms with E-state index in [4.69, 9.17) is 11.6 Å². The van der Waals surface area contributed by atoms with Gasteiger partial charge in [-0.25, -0.2) is 9.97 Å². The Labute approximate surface area is 169 Å². The van der Waals surface area contributed by atoms with Gasteiger partial charge in [0.15, 0.2) is 0 Å². The van der Waals surface area contributed by atoms with E-state index in [0.717, 1.165) is 61.7 Å². The fourth-order valence-electron chi connectivity index (χ4n) is 3.73. The topological polar surface area (TPSA) is 41.0 Å². The first-order chi connectivity index (χ1) is 13.2. The number of nitrogens with one attached hydrogen (secondary N) is 1. The Bertz CT molecular complexity index is 885. The van der Waals surface area contributed by atoms with E-state index in [-0.39, 0.29) is 0 Å². The second kappa shape index (κ2) is 8.55. The lowest BCUT2D eigenvalue weighted by Crippen LogP contribution is -2.43. The van der Waals surface area contributed by atoms with Crippen molar-refractivity contribution in [1.82, 2.24) is 15.3 Å². The zero-order valence-corrected chi connectivity index (χ0v) is 17.2. The normalized spacial score (nSPS) is 15.6. The van der Waals surface area contributed by atoms with E-state index < -0.39 is 0 Å². The van der Waals surface area contributed by atoms with Crippen molar-refractivity contribution in [3.05, 3.63) is 52.1 Å². The van der Waals surface area contributed by atoms with Gasteiger partial charge in [-0.15, -0.1) is 11.3 Å². The van der Waals surface area contributed by atoms with Gasteiger partial charge in [-0.3, -0.25) is 0 Å². The molecule has 0 saturated carbocycles. The third-order valence-corrected chi connectivity index (χ3v) is 6.63. The minimum Gasteiger partial charge on any atom is -0.355 e. The number of aromatic nitrogens is 2. The van der Waals surface area contributed by atoms with Crippen molar-refractivity contribution >= 4 is 39.0 Å². The third-order valence-electron chi connectivity index (χ3n) is 5.30. The van der Waals surface area contributed by atoms with Gasteiger partial charge in [0.2, 0.25) is 0 Å². The molecular formula is C21H25ClN4S. The summed E-state index contributed by atoms with van der Waals surface area (Å²) in [6, 6.07) is 8.79. The highest BCUT2D eigenvalue weighted by Crippen LogP contribution is 2.32. The predicted octanol–water partition coefficient (Wildman–Crippen LogP) is 4.84. The van der Waals surface area contributed by atoms with Gasteiger partial charge in [0, 0.05) is 24.2 Å². The first-order valence-electron chi connectivity index (χ1n) is 9.62. The van der Waals surface area contributed by atoms with Crippen LogP contribution in [0.25, 0.3) is 10.2 Å². The number of fused-ring (bicyclic) bond motifs is 1. The molecule has 0 atom stereocenters. The van der Waals surface area contributed by atoms with E-state index in [1.165, 1.54) is 15.8 Å². The standard InChI is InChI=1S/C21H25ClN4S/c1-15-13-27-20-19(15)24-14-25-21(20)26-11-8-18(9-12-26)23-10-2-3-16-4-6-17(22)7-5-16/h4-7,13-14,18,23H,2-3,8-12H2,1H3. The van der Waals surface area contributed by atoms with Gasteiger partial charge in [0.05, 0.1) is 10.2 Å². The number of piperidine rings is 1. The van der Waals surface area contributed by atoms with Crippen LogP contribution in [-0.2, 0) is 6.42 Å². The molecular weight excluding hydrogens is 376 g/mol. The molecule has 0 spiro atoms. The molecule has 0 unspecified atom stereocenters. The summed E-state index contributed by atoms with van der Waals surface area (Å²) in [6.07, 6.45) is 6.29. The highest BCUT2D eigenvalue weighted by atomic mass is 35.5. The van der Waals surface area contributed by atoms with Crippen molar-refractivity contribution in [2.45, 2.75) is 38.6 Å². The number of thiophene rings is 1. The quantitative estimate of drug-likeness (QED) is 0.601. The lowest BCUT2D eigenvalue weighted by atomic mass is 10.0. The van der Waals surface area contributed by atoms with Crippen molar-refractivity contribution in [2.24, 2.45) is 0 Å². The Morgan fingerprint density at radius 1 is 1.19 bits per heavy atom. The van der Waals surface area contributed by atoms with Crippen LogP contribution in [0.5, 0.6) is 0 Å². The number of hydrogen-bond acceptors (Lipinski definition) is 5. The third kappa shape index (κ3) is 4.42. The van der Waals surface area contributed by atoms with Gasteiger partial charge in [0.25, 0.3) is 0 Å². The van der Waals surface area contributed by atoms with E-state index in [1.807, 2.05) is 12.1 Å². The van der Waals surface area contributed by atoms with Crippen LogP contribution in [0.2, 0.25) is 5.02 Å². The largest absolute Gasteiger partial charge is 0.355 e. The Morgan fingerprint density at radius 2 is 1.96 bits per heavy atom. The lowest BCUT2D eigenvalue weighted by molar-refractivity contribution is 0.412. The molecule has 142 valence electrons. The maximum absolute atomic E-state index is 5.94. The van der Waals surface area contributed by atoms with Crippen molar-refractivity contribution < 1.29 is 0 Å². The maximum Gasteiger partial charge on any atom is 0.150 e. The summed E-state index contributed by atoms with van der Waals surface area (Å²) in [5, 5.41) is 6.72. The molecule has 1 aliphatic heterocycles. The van der Waals surface area contributed by atoms with Gasteiger partial charge >= 0.3 is 0 Å². The average molecular weight is 401 g/mol. The van der Waals surface area contributed by atoms with Crippen LogP contribution in [-0.4, -0.2) is 35.6 Å². The van der Waals surface area contributed by atoms with E-state index >= 15 is 0 Å². The van der Waals surface area contributed by atoms with E-state index in [0.29, 0.717) is 6.04 Å². The average Bonchev–Trinajstić information content (AvgIpc) is 3.08. The molecule has 4 nitrogen and oxygen atoms in total. The van der Waals surface area contributed by atoms with Gasteiger partial charge in [-0.1, -0.05) is 23.7 Å². The van der Waals surface area contributed by atoms with Crippen molar-refractivity contribution in [3.63, 3.8) is 0 Å². The van der Waals surface area contributed by atoms with Crippen LogP contribution in [0, 0.1) is 6.92 Å². The number of aryl methyl sites for hydroxylation is 2. The van der Waals surface area contributed by atoms with Crippen LogP contribution in [0.4, 0.5) is 5.82 Å². The van der Waals surface area contributed by atoms with Crippen molar-refractivity contribution in [3.8, 4) is 0 Å². The molecule has 2 aromatic heterocycles. The minimum atomic E-state index is 0.605. The minimum absolute atomic E-state index is 0.605. The molecule has 1 fully saturated rings. The fraction of sp³-hybridized carbons (Fsp3) is 0.429. The van der Waals surface area contributed by atoms with Gasteiger partial charge in [-0.05, 0) is 67.8 Å². The summed E-state index contributed by atoms with van der Waals surface area (Å²) in [6.45, 7) is 5.29. The summed E-state index contributed by atoms with van der Waals surface area (Å²) < 4.78 is 1.23. The van der Waals surface area contributed by atoms with Gasteiger partial charge in [0.1, 0.15) is 12.1 Å². The monoisotopic (exact) mass is 400 g/mol. The molecule has 3 aromatic rings. The molecule has 4 rings (SSSR count). The van der Waals surface area contributed by atoms with Gasteiger partial charge in [-0.2, -0.15) is 0 Å². The molecule has 3 heterocycles. The van der Waals surface area contributed by atoms with Crippen molar-refractivity contribution in [1.29, 1.82) is 0 Å². The molecule has 1 saturated heterocycles. The van der Waals surface area contributed by atoms with Gasteiger partial charge < -0.3 is 10.2 Å². The zero-order chi connectivity index (χ0) is 18.6. The molecule has 0 bridgehead atoms. The van der Waals surface area contributed by atoms with E-state index in [1.54, 1.807) is 17.7 Å². The molecule has 1 N–H and O–H groups in total. The number of halogens is 1. The zero-order valence-electron chi connectivity index (χ0n) is 15.6. The lowest BCUT2D eigenvalue weighted by Gasteiger charge is -2.33. The number of nitrogens with zero attached hydrogens (tertiary/aromatic N) is 3. The Kier molecular flexibility index (Phi) is 5.91. The number of rotatable bonds is 6. The SMILES string of the molecule is Cc1csc2c(N3CCC(NCCCc4ccc(Cl)cc4)CC3)ncnc12. The molecule has 6 heteroatoms. The summed E-state index contributed by atoms with van der Waals surface area (Å²) in [4.78, 5) is 11.4. The smallest absolute Gasteiger partial charge is 0.150 e. The first kappa shape index (κ1) is 18.7. The maximum atomic E-state index is 5.94. The Morgan fingerprint density at radius 3 is 2.74 bits per heavy atom. The van der Waals surface area contributed by atoms with Crippen LogP contribution in [0.3, 0.4) is 0 Å². The van der Waals surface area contributed by atoms with E-state index in [9.17, 15) is 0 Å². The summed E-state index contributed by atoms with van der Waals surface area (Å²) in [5.74, 6) is 1.11. The number of benzene rings is 1. The number of anilines is 1. The summed E-state index contributed by atoms with van der Waals surface area (Å²) in [7, 11) is 0. The van der Waals surface area contributed by atoms with Crippen LogP contribution >= 0.6 is 22.9 Å². The Balaban J connectivity index is 1.24. The first-order valence-corrected chi connectivity index (χ1v) is 10.9. The highest BCUT2D eigenvalue weighted by Gasteiger charge is 2.22. The predicted molar refractivity (Wildman–Crippen MR) is 115 cm³/mol. The molecule has 0 amide bonds. The molecule has 0 aliphatic carbocycles. The van der Waals surface area contributed by atoms with E-state index in [2.05, 4.69) is 44.6 Å². The second-order valence-corrected chi connectivity index (χ2v) is 8.56. The Hall–Kier alpha value is -1.69.